The van der Waals surface area contributed by atoms with Gasteiger partial charge in [0, 0.05) is 23.2 Å². The number of benzene rings is 1. The normalized spacial score (nSPS) is 12.2. The first-order chi connectivity index (χ1) is 9.11. The molecule has 5 heteroatoms. The molecular weight excluding hydrogens is 247 g/mol. The van der Waals surface area contributed by atoms with E-state index >= 15 is 0 Å². The van der Waals surface area contributed by atoms with Crippen molar-refractivity contribution in [3.05, 3.63) is 41.3 Å². The van der Waals surface area contributed by atoms with Crippen molar-refractivity contribution in [2.24, 2.45) is 0 Å². The number of aromatic nitrogens is 2. The van der Waals surface area contributed by atoms with Gasteiger partial charge in [0.1, 0.15) is 11.9 Å². The molecule has 4 nitrogen and oxygen atoms in total. The average Bonchev–Trinajstić information content (AvgIpc) is 2.71. The molecule has 2 aromatic rings. The summed E-state index contributed by atoms with van der Waals surface area (Å²) in [6, 6.07) is 6.27. The van der Waals surface area contributed by atoms with E-state index in [-0.39, 0.29) is 11.9 Å². The molecule has 0 fully saturated rings. The highest BCUT2D eigenvalue weighted by Crippen LogP contribution is 2.25. The number of nitrogens with zero attached hydrogens (tertiary/aromatic N) is 1. The number of nitrogens with one attached hydrogen (secondary N) is 1. The van der Waals surface area contributed by atoms with E-state index in [1.54, 1.807) is 19.1 Å². The van der Waals surface area contributed by atoms with Crippen molar-refractivity contribution in [2.75, 3.05) is 0 Å². The molecule has 0 bridgehead atoms. The zero-order valence-electron chi connectivity index (χ0n) is 10.8. The van der Waals surface area contributed by atoms with E-state index < -0.39 is 0 Å². The number of halogens is 1. The number of H-pyrrole nitrogens is 1. The Hall–Kier alpha value is -2.17. The number of carbonyl (C=O) groups excluding carboxylic acids is 1. The van der Waals surface area contributed by atoms with E-state index in [0.717, 1.165) is 11.3 Å². The van der Waals surface area contributed by atoms with Crippen molar-refractivity contribution in [2.45, 2.75) is 26.4 Å². The molecule has 1 unspecified atom stereocenters. The third-order valence-electron chi connectivity index (χ3n) is 2.95. The molecule has 1 atom stereocenters. The second-order valence-electron chi connectivity index (χ2n) is 4.43. The van der Waals surface area contributed by atoms with E-state index in [2.05, 4.69) is 10.2 Å². The Morgan fingerprint density at radius 3 is 3.00 bits per heavy atom. The second kappa shape index (κ2) is 5.65. The van der Waals surface area contributed by atoms with Crippen LogP contribution in [0.5, 0.6) is 0 Å². The van der Waals surface area contributed by atoms with Crippen LogP contribution >= 0.6 is 0 Å². The smallest absolute Gasteiger partial charge is 0.293 e. The van der Waals surface area contributed by atoms with Gasteiger partial charge < -0.3 is 4.74 Å². The Balaban J connectivity index is 2.34. The highest BCUT2D eigenvalue weighted by Gasteiger charge is 2.16. The molecule has 19 heavy (non-hydrogen) atoms. The highest BCUT2D eigenvalue weighted by atomic mass is 19.1. The van der Waals surface area contributed by atoms with Gasteiger partial charge in [-0.25, -0.2) is 4.39 Å². The lowest BCUT2D eigenvalue weighted by Crippen LogP contribution is -2.11. The van der Waals surface area contributed by atoms with Crippen molar-refractivity contribution in [1.29, 1.82) is 0 Å². The third-order valence-corrected chi connectivity index (χ3v) is 2.95. The van der Waals surface area contributed by atoms with Crippen LogP contribution in [0.25, 0.3) is 11.3 Å². The Labute approximate surface area is 110 Å². The summed E-state index contributed by atoms with van der Waals surface area (Å²) in [7, 11) is 0. The minimum Gasteiger partial charge on any atom is -0.465 e. The number of aromatic amines is 1. The predicted molar refractivity (Wildman–Crippen MR) is 69.0 cm³/mol. The fraction of sp³-hybridized carbons (Fsp3) is 0.286. The molecule has 0 amide bonds. The summed E-state index contributed by atoms with van der Waals surface area (Å²) < 4.78 is 18.2. The van der Waals surface area contributed by atoms with Crippen LogP contribution in [-0.2, 0) is 16.0 Å². The summed E-state index contributed by atoms with van der Waals surface area (Å²) in [5.74, 6) is -0.304. The first kappa shape index (κ1) is 13.3. The fourth-order valence-electron chi connectivity index (χ4n) is 2.01. The minimum absolute atomic E-state index is 0.249. The van der Waals surface area contributed by atoms with Gasteiger partial charge in [-0.1, -0.05) is 12.1 Å². The largest absolute Gasteiger partial charge is 0.465 e. The maximum Gasteiger partial charge on any atom is 0.293 e. The first-order valence-electron chi connectivity index (χ1n) is 6.00. The SMILES string of the molecule is Cc1[nH]nc(-c2cccc(F)c2)c1CC(C)OC=O. The number of hydrogen-bond donors (Lipinski definition) is 1. The van der Waals surface area contributed by atoms with Gasteiger partial charge in [-0.05, 0) is 26.0 Å². The molecule has 0 saturated carbocycles. The lowest BCUT2D eigenvalue weighted by molar-refractivity contribution is -0.132. The lowest BCUT2D eigenvalue weighted by atomic mass is 10.0. The summed E-state index contributed by atoms with van der Waals surface area (Å²) >= 11 is 0. The molecule has 0 radical (unpaired) electrons. The van der Waals surface area contributed by atoms with Crippen LogP contribution in [0.15, 0.2) is 24.3 Å². The molecule has 0 spiro atoms. The van der Waals surface area contributed by atoms with Crippen LogP contribution in [0.3, 0.4) is 0 Å². The molecular formula is C14H15FN2O2. The maximum absolute atomic E-state index is 13.3. The molecule has 2 rings (SSSR count). The lowest BCUT2D eigenvalue weighted by Gasteiger charge is -2.10. The zero-order valence-corrected chi connectivity index (χ0v) is 10.8. The van der Waals surface area contributed by atoms with E-state index in [1.807, 2.05) is 6.92 Å². The van der Waals surface area contributed by atoms with E-state index in [4.69, 9.17) is 4.74 Å². The maximum atomic E-state index is 13.3. The predicted octanol–water partition coefficient (Wildman–Crippen LogP) is 2.63. The van der Waals surface area contributed by atoms with Crippen molar-refractivity contribution < 1.29 is 13.9 Å². The number of aryl methyl sites for hydroxylation is 1. The Morgan fingerprint density at radius 1 is 1.53 bits per heavy atom. The third kappa shape index (κ3) is 2.99. The van der Waals surface area contributed by atoms with Crippen molar-refractivity contribution in [1.82, 2.24) is 10.2 Å². The number of hydrogen-bond acceptors (Lipinski definition) is 3. The summed E-state index contributed by atoms with van der Waals surface area (Å²) in [5, 5.41) is 7.09. The minimum atomic E-state index is -0.304. The van der Waals surface area contributed by atoms with Gasteiger partial charge in [-0.15, -0.1) is 0 Å². The molecule has 1 N–H and O–H groups in total. The van der Waals surface area contributed by atoms with Crippen LogP contribution in [0.2, 0.25) is 0 Å². The Kier molecular flexibility index (Phi) is 3.94. The van der Waals surface area contributed by atoms with E-state index in [0.29, 0.717) is 24.2 Å². The van der Waals surface area contributed by atoms with Crippen LogP contribution in [0, 0.1) is 12.7 Å². The Morgan fingerprint density at radius 2 is 2.32 bits per heavy atom. The zero-order chi connectivity index (χ0) is 13.8. The topological polar surface area (TPSA) is 55.0 Å². The fourth-order valence-corrected chi connectivity index (χ4v) is 2.01. The van der Waals surface area contributed by atoms with Gasteiger partial charge in [0.05, 0.1) is 5.69 Å². The molecule has 1 aromatic heterocycles. The van der Waals surface area contributed by atoms with Crippen LogP contribution in [0.4, 0.5) is 4.39 Å². The van der Waals surface area contributed by atoms with Crippen LogP contribution in [0.1, 0.15) is 18.2 Å². The van der Waals surface area contributed by atoms with Crippen molar-refractivity contribution in [3.8, 4) is 11.3 Å². The van der Waals surface area contributed by atoms with Gasteiger partial charge >= 0.3 is 0 Å². The van der Waals surface area contributed by atoms with Crippen molar-refractivity contribution in [3.63, 3.8) is 0 Å². The molecule has 1 aromatic carbocycles. The molecule has 0 aliphatic rings. The monoisotopic (exact) mass is 262 g/mol. The Bertz CT molecular complexity index is 581. The quantitative estimate of drug-likeness (QED) is 0.843. The molecule has 0 saturated heterocycles. The summed E-state index contributed by atoms with van der Waals surface area (Å²) in [6.07, 6.45) is 0.286. The standard InChI is InChI=1S/C14H15FN2O2/c1-9(19-8-18)6-13-10(2)16-17-14(13)11-4-3-5-12(15)7-11/h3-5,7-9H,6H2,1-2H3,(H,16,17). The van der Waals surface area contributed by atoms with Crippen LogP contribution < -0.4 is 0 Å². The van der Waals surface area contributed by atoms with Gasteiger partial charge in [0.2, 0.25) is 0 Å². The van der Waals surface area contributed by atoms with Gasteiger partial charge in [-0.3, -0.25) is 9.89 Å². The van der Waals surface area contributed by atoms with Gasteiger partial charge in [-0.2, -0.15) is 5.10 Å². The number of rotatable bonds is 5. The van der Waals surface area contributed by atoms with Gasteiger partial charge in [0.15, 0.2) is 0 Å². The van der Waals surface area contributed by atoms with Crippen molar-refractivity contribution >= 4 is 6.47 Å². The molecule has 100 valence electrons. The van der Waals surface area contributed by atoms with Crippen LogP contribution in [-0.4, -0.2) is 22.8 Å². The van der Waals surface area contributed by atoms with E-state index in [1.165, 1.54) is 12.1 Å². The molecule has 1 heterocycles. The molecule has 0 aliphatic heterocycles. The molecule has 0 aliphatic carbocycles. The summed E-state index contributed by atoms with van der Waals surface area (Å²) in [5.41, 5.74) is 3.22. The average molecular weight is 262 g/mol. The second-order valence-corrected chi connectivity index (χ2v) is 4.43. The summed E-state index contributed by atoms with van der Waals surface area (Å²) in [4.78, 5) is 10.3. The van der Waals surface area contributed by atoms with Gasteiger partial charge in [0.25, 0.3) is 6.47 Å². The number of carbonyl (C=O) groups is 1. The first-order valence-corrected chi connectivity index (χ1v) is 6.00. The van der Waals surface area contributed by atoms with E-state index in [9.17, 15) is 9.18 Å². The number of ether oxygens (including phenoxy) is 1. The summed E-state index contributed by atoms with van der Waals surface area (Å²) in [6.45, 7) is 4.12. The highest BCUT2D eigenvalue weighted by molar-refractivity contribution is 5.64.